The first-order valence-electron chi connectivity index (χ1n) is 8.09. The zero-order valence-corrected chi connectivity index (χ0v) is 15.9. The first kappa shape index (κ1) is 20.3. The number of urea groups is 1. The number of hydrogen-bond acceptors (Lipinski definition) is 5. The molecule has 0 unspecified atom stereocenters. The van der Waals surface area contributed by atoms with Crippen molar-refractivity contribution in [2.75, 3.05) is 11.1 Å². The summed E-state index contributed by atoms with van der Waals surface area (Å²) in [6, 6.07) is 5.47. The number of aromatic nitrogens is 1. The van der Waals surface area contributed by atoms with E-state index in [0.717, 1.165) is 6.42 Å². The molecule has 1 aromatic carbocycles. The average molecular weight is 401 g/mol. The van der Waals surface area contributed by atoms with Crippen molar-refractivity contribution in [2.45, 2.75) is 32.9 Å². The van der Waals surface area contributed by atoms with Gasteiger partial charge in [-0.2, -0.15) is 0 Å². The number of carbonyl (C=O) groups excluding carboxylic acids is 1. The van der Waals surface area contributed by atoms with Gasteiger partial charge in [0.15, 0.2) is 5.13 Å². The van der Waals surface area contributed by atoms with Crippen LogP contribution in [-0.2, 0) is 23.1 Å². The molecule has 0 aliphatic rings. The Morgan fingerprint density at radius 1 is 1.31 bits per heavy atom. The summed E-state index contributed by atoms with van der Waals surface area (Å²) in [5.74, 6) is -0.281. The molecule has 1 aromatic heterocycles. The largest absolute Gasteiger partial charge is 0.334 e. The van der Waals surface area contributed by atoms with E-state index in [1.54, 1.807) is 17.5 Å². The Balaban J connectivity index is 1.79. The summed E-state index contributed by atoms with van der Waals surface area (Å²) in [5, 5.41) is 7.19. The molecule has 3 N–H and O–H groups in total. The van der Waals surface area contributed by atoms with Gasteiger partial charge in [-0.1, -0.05) is 25.5 Å². The Bertz CT molecular complexity index is 840. The van der Waals surface area contributed by atoms with Gasteiger partial charge in [-0.15, -0.1) is 11.3 Å². The van der Waals surface area contributed by atoms with Gasteiger partial charge in [-0.25, -0.2) is 27.3 Å². The van der Waals surface area contributed by atoms with Gasteiger partial charge < -0.3 is 5.32 Å². The molecule has 1 heterocycles. The number of carbonyl (C=O) groups is 1. The lowest BCUT2D eigenvalue weighted by Crippen LogP contribution is -2.28. The molecule has 0 bridgehead atoms. The van der Waals surface area contributed by atoms with Crippen molar-refractivity contribution in [2.24, 2.45) is 0 Å². The van der Waals surface area contributed by atoms with Crippen LogP contribution in [0.5, 0.6) is 0 Å². The van der Waals surface area contributed by atoms with Gasteiger partial charge in [0.1, 0.15) is 5.82 Å². The van der Waals surface area contributed by atoms with Crippen LogP contribution < -0.4 is 15.4 Å². The number of rotatable bonds is 9. The minimum atomic E-state index is -3.31. The van der Waals surface area contributed by atoms with Crippen LogP contribution in [-0.4, -0.2) is 25.2 Å². The molecule has 10 heteroatoms. The second-order valence-corrected chi connectivity index (χ2v) is 8.36. The molecule has 0 atom stereocenters. The van der Waals surface area contributed by atoms with Gasteiger partial charge in [0.2, 0.25) is 10.0 Å². The third kappa shape index (κ3) is 7.06. The molecule has 0 aliphatic carbocycles. The summed E-state index contributed by atoms with van der Waals surface area (Å²) >= 11 is 1.19. The number of nitrogens with zero attached hydrogens (tertiary/aromatic N) is 1. The normalized spacial score (nSPS) is 11.3. The average Bonchev–Trinajstić information content (AvgIpc) is 3.04. The predicted molar refractivity (Wildman–Crippen MR) is 99.9 cm³/mol. The van der Waals surface area contributed by atoms with Crippen LogP contribution in [0.15, 0.2) is 29.6 Å². The van der Waals surface area contributed by atoms with E-state index in [4.69, 9.17) is 0 Å². The molecule has 7 nitrogen and oxygen atoms in total. The summed E-state index contributed by atoms with van der Waals surface area (Å²) in [7, 11) is -3.31. The first-order valence-corrected chi connectivity index (χ1v) is 10.6. The SMILES string of the molecule is CCCCS(=O)(=O)NCc1csc(NC(=O)NCc2cccc(F)c2)n1. The van der Waals surface area contributed by atoms with Crippen molar-refractivity contribution < 1.29 is 17.6 Å². The number of benzene rings is 1. The molecule has 2 amide bonds. The van der Waals surface area contributed by atoms with Gasteiger partial charge >= 0.3 is 6.03 Å². The summed E-state index contributed by atoms with van der Waals surface area (Å²) in [5.41, 5.74) is 1.16. The Hall–Kier alpha value is -2.04. The zero-order chi connectivity index (χ0) is 19.0. The van der Waals surface area contributed by atoms with Crippen LogP contribution in [0.4, 0.5) is 14.3 Å². The van der Waals surface area contributed by atoms with Crippen molar-refractivity contribution in [3.8, 4) is 0 Å². The van der Waals surface area contributed by atoms with Crippen LogP contribution in [0.3, 0.4) is 0 Å². The maximum Gasteiger partial charge on any atom is 0.321 e. The Labute approximate surface area is 156 Å². The van der Waals surface area contributed by atoms with Crippen molar-refractivity contribution in [3.63, 3.8) is 0 Å². The highest BCUT2D eigenvalue weighted by molar-refractivity contribution is 7.89. The molecule has 0 aliphatic heterocycles. The van der Waals surface area contributed by atoms with Crippen molar-refractivity contribution >= 4 is 32.5 Å². The van der Waals surface area contributed by atoms with Crippen LogP contribution in [0.2, 0.25) is 0 Å². The lowest BCUT2D eigenvalue weighted by Gasteiger charge is -2.06. The number of halogens is 1. The molecule has 0 fully saturated rings. The van der Waals surface area contributed by atoms with Gasteiger partial charge in [-0.3, -0.25) is 5.32 Å². The Morgan fingerprint density at radius 3 is 2.85 bits per heavy atom. The fourth-order valence-electron chi connectivity index (χ4n) is 2.01. The van der Waals surface area contributed by atoms with Crippen molar-refractivity contribution in [1.82, 2.24) is 15.0 Å². The highest BCUT2D eigenvalue weighted by atomic mass is 32.2. The second-order valence-electron chi connectivity index (χ2n) is 5.58. The number of nitrogens with one attached hydrogen (secondary N) is 3. The lowest BCUT2D eigenvalue weighted by atomic mass is 10.2. The van der Waals surface area contributed by atoms with E-state index in [-0.39, 0.29) is 24.7 Å². The van der Waals surface area contributed by atoms with Gasteiger partial charge in [-0.05, 0) is 24.1 Å². The molecule has 0 saturated carbocycles. The molecule has 0 saturated heterocycles. The molecular formula is C16H21FN4O3S2. The molecular weight excluding hydrogens is 379 g/mol. The third-order valence-corrected chi connectivity index (χ3v) is 5.57. The smallest absolute Gasteiger partial charge is 0.321 e. The number of amides is 2. The zero-order valence-electron chi connectivity index (χ0n) is 14.3. The lowest BCUT2D eigenvalue weighted by molar-refractivity contribution is 0.251. The van der Waals surface area contributed by atoms with Crippen LogP contribution >= 0.6 is 11.3 Å². The highest BCUT2D eigenvalue weighted by Crippen LogP contribution is 2.15. The fourth-order valence-corrected chi connectivity index (χ4v) is 3.89. The number of hydrogen-bond donors (Lipinski definition) is 3. The number of thiazole rings is 1. The Morgan fingerprint density at radius 2 is 2.12 bits per heavy atom. The Kier molecular flexibility index (Phi) is 7.49. The standard InChI is InChI=1S/C16H21FN4O3S2/c1-2-3-7-26(23,24)19-10-14-11-25-16(20-14)21-15(22)18-9-12-5-4-6-13(17)8-12/h4-6,8,11,19H,2-3,7,9-10H2,1H3,(H2,18,20,21,22). The predicted octanol–water partition coefficient (Wildman–Crippen LogP) is 2.82. The monoisotopic (exact) mass is 400 g/mol. The highest BCUT2D eigenvalue weighted by Gasteiger charge is 2.11. The van der Waals surface area contributed by atoms with E-state index in [1.807, 2.05) is 6.92 Å². The van der Waals surface area contributed by atoms with E-state index in [9.17, 15) is 17.6 Å². The third-order valence-electron chi connectivity index (χ3n) is 3.35. The second kappa shape index (κ2) is 9.60. The summed E-state index contributed by atoms with van der Waals surface area (Å²) in [6.07, 6.45) is 1.40. The van der Waals surface area contributed by atoms with Gasteiger partial charge in [0.25, 0.3) is 0 Å². The summed E-state index contributed by atoms with van der Waals surface area (Å²) in [4.78, 5) is 16.0. The van der Waals surface area contributed by atoms with Crippen LogP contribution in [0.1, 0.15) is 31.0 Å². The van der Waals surface area contributed by atoms with E-state index in [2.05, 4.69) is 20.3 Å². The van der Waals surface area contributed by atoms with Gasteiger partial charge in [0, 0.05) is 11.9 Å². The topological polar surface area (TPSA) is 100 Å². The van der Waals surface area contributed by atoms with Crippen molar-refractivity contribution in [1.29, 1.82) is 0 Å². The molecule has 0 spiro atoms. The fraction of sp³-hybridized carbons (Fsp3) is 0.375. The number of sulfonamides is 1. The summed E-state index contributed by atoms with van der Waals surface area (Å²) < 4.78 is 39.1. The maximum absolute atomic E-state index is 13.1. The molecule has 26 heavy (non-hydrogen) atoms. The van der Waals surface area contributed by atoms with Crippen LogP contribution in [0, 0.1) is 5.82 Å². The molecule has 142 valence electrons. The number of anilines is 1. The number of unbranched alkanes of at least 4 members (excludes halogenated alkanes) is 1. The van der Waals surface area contributed by atoms with Crippen LogP contribution in [0.25, 0.3) is 0 Å². The van der Waals surface area contributed by atoms with E-state index in [0.29, 0.717) is 22.8 Å². The quantitative estimate of drug-likeness (QED) is 0.602. The maximum atomic E-state index is 13.1. The summed E-state index contributed by atoms with van der Waals surface area (Å²) in [6.45, 7) is 2.18. The van der Waals surface area contributed by atoms with Gasteiger partial charge in [0.05, 0.1) is 18.0 Å². The minimum absolute atomic E-state index is 0.0785. The van der Waals surface area contributed by atoms with Crippen molar-refractivity contribution in [3.05, 3.63) is 46.7 Å². The minimum Gasteiger partial charge on any atom is -0.334 e. The van der Waals surface area contributed by atoms with E-state index in [1.165, 1.54) is 23.5 Å². The molecule has 0 radical (unpaired) electrons. The van der Waals surface area contributed by atoms with E-state index >= 15 is 0 Å². The first-order chi connectivity index (χ1) is 12.4. The molecule has 2 rings (SSSR count). The molecule has 2 aromatic rings. The van der Waals surface area contributed by atoms with E-state index < -0.39 is 16.1 Å².